The number of ether oxygens (including phenoxy) is 2. The van der Waals surface area contributed by atoms with Crippen LogP contribution in [0.15, 0.2) is 53.2 Å². The molecule has 0 radical (unpaired) electrons. The van der Waals surface area contributed by atoms with Crippen LogP contribution in [0.5, 0.6) is 11.5 Å². The van der Waals surface area contributed by atoms with Gasteiger partial charge >= 0.3 is 0 Å². The topological polar surface area (TPSA) is 33.7 Å². The van der Waals surface area contributed by atoms with Crippen molar-refractivity contribution in [3.05, 3.63) is 68.5 Å². The predicted molar refractivity (Wildman–Crippen MR) is 121 cm³/mol. The van der Waals surface area contributed by atoms with Crippen LogP contribution in [0.4, 0.5) is 0 Å². The molecule has 0 saturated carbocycles. The molecule has 4 nitrogen and oxygen atoms in total. The molecule has 0 bridgehead atoms. The van der Waals surface area contributed by atoms with Gasteiger partial charge in [-0.15, -0.1) is 22.7 Å². The van der Waals surface area contributed by atoms with E-state index in [1.54, 1.807) is 18.4 Å². The van der Waals surface area contributed by atoms with Crippen molar-refractivity contribution in [3.63, 3.8) is 0 Å². The summed E-state index contributed by atoms with van der Waals surface area (Å²) in [6.45, 7) is 4.75. The number of methoxy groups -OCH3 is 1. The number of thiophene rings is 2. The summed E-state index contributed by atoms with van der Waals surface area (Å²) in [7, 11) is 1.70. The first kappa shape index (κ1) is 20.4. The van der Waals surface area contributed by atoms with E-state index in [1.165, 1.54) is 41.2 Å². The highest BCUT2D eigenvalue weighted by molar-refractivity contribution is 7.10. The van der Waals surface area contributed by atoms with Crippen molar-refractivity contribution in [2.45, 2.75) is 32.0 Å². The zero-order chi connectivity index (χ0) is 19.9. The van der Waals surface area contributed by atoms with E-state index in [-0.39, 0.29) is 0 Å². The Morgan fingerprint density at radius 1 is 1.03 bits per heavy atom. The van der Waals surface area contributed by atoms with Crippen LogP contribution in [0.3, 0.4) is 0 Å². The Kier molecular flexibility index (Phi) is 7.22. The van der Waals surface area contributed by atoms with E-state index in [1.807, 2.05) is 23.5 Å². The number of hydrogen-bond donors (Lipinski definition) is 1. The SMILES string of the molecule is COc1cc(CNC[C@@H](c2cccs2)N2CCCC2)ccc1OCc1cccs1. The van der Waals surface area contributed by atoms with E-state index in [0.717, 1.165) is 24.6 Å². The molecule has 1 fully saturated rings. The average molecular weight is 429 g/mol. The molecule has 0 amide bonds. The van der Waals surface area contributed by atoms with Gasteiger partial charge in [-0.1, -0.05) is 18.2 Å². The van der Waals surface area contributed by atoms with Gasteiger partial charge in [0, 0.05) is 22.8 Å². The molecule has 1 aliphatic heterocycles. The summed E-state index contributed by atoms with van der Waals surface area (Å²) in [5, 5.41) is 7.91. The summed E-state index contributed by atoms with van der Waals surface area (Å²) < 4.78 is 11.5. The molecule has 1 atom stereocenters. The average Bonchev–Trinajstić information content (AvgIpc) is 3.53. The van der Waals surface area contributed by atoms with Crippen molar-refractivity contribution < 1.29 is 9.47 Å². The third-order valence-corrected chi connectivity index (χ3v) is 7.12. The van der Waals surface area contributed by atoms with E-state index in [2.05, 4.69) is 51.3 Å². The lowest BCUT2D eigenvalue weighted by molar-refractivity contribution is 0.241. The fourth-order valence-corrected chi connectivity index (χ4v) is 5.26. The van der Waals surface area contributed by atoms with Crippen molar-refractivity contribution in [2.24, 2.45) is 0 Å². The van der Waals surface area contributed by atoms with Crippen LogP contribution in [-0.2, 0) is 13.2 Å². The summed E-state index contributed by atoms with van der Waals surface area (Å²) in [6, 6.07) is 15.2. The van der Waals surface area contributed by atoms with Crippen LogP contribution in [0.25, 0.3) is 0 Å². The summed E-state index contributed by atoms with van der Waals surface area (Å²) in [5.41, 5.74) is 1.21. The van der Waals surface area contributed by atoms with Crippen LogP contribution in [-0.4, -0.2) is 31.6 Å². The van der Waals surface area contributed by atoms with Crippen molar-refractivity contribution in [1.29, 1.82) is 0 Å². The first-order valence-electron chi connectivity index (χ1n) is 10.1. The second-order valence-corrected chi connectivity index (χ2v) is 9.27. The highest BCUT2D eigenvalue weighted by Gasteiger charge is 2.23. The largest absolute Gasteiger partial charge is 0.493 e. The molecule has 6 heteroatoms. The van der Waals surface area contributed by atoms with Gasteiger partial charge in [0.2, 0.25) is 0 Å². The van der Waals surface area contributed by atoms with E-state index in [0.29, 0.717) is 12.6 Å². The standard InChI is InChI=1S/C23H28N2O2S2/c1-26-22-14-18(8-9-21(22)27-17-19-6-4-12-28-19)15-24-16-20(23-7-5-13-29-23)25-10-2-3-11-25/h4-9,12-14,20,24H,2-3,10-11,15-17H2,1H3/t20-/m0/s1. The van der Waals surface area contributed by atoms with Gasteiger partial charge in [0.15, 0.2) is 11.5 Å². The lowest BCUT2D eigenvalue weighted by Gasteiger charge is -2.27. The maximum absolute atomic E-state index is 5.95. The van der Waals surface area contributed by atoms with Gasteiger partial charge in [0.1, 0.15) is 6.61 Å². The van der Waals surface area contributed by atoms with E-state index in [4.69, 9.17) is 9.47 Å². The Labute approximate surface area is 181 Å². The molecule has 1 N–H and O–H groups in total. The number of nitrogens with zero attached hydrogens (tertiary/aromatic N) is 1. The third kappa shape index (κ3) is 5.39. The summed E-state index contributed by atoms with van der Waals surface area (Å²) in [6.07, 6.45) is 2.62. The monoisotopic (exact) mass is 428 g/mol. The Hall–Kier alpha value is -1.86. The third-order valence-electron chi connectivity index (χ3n) is 5.30. The highest BCUT2D eigenvalue weighted by Crippen LogP contribution is 2.30. The summed E-state index contributed by atoms with van der Waals surface area (Å²) in [5.74, 6) is 1.58. The van der Waals surface area contributed by atoms with Crippen LogP contribution in [0.2, 0.25) is 0 Å². The van der Waals surface area contributed by atoms with Crippen LogP contribution < -0.4 is 14.8 Å². The maximum atomic E-state index is 5.95. The fourth-order valence-electron chi connectivity index (χ4n) is 3.78. The van der Waals surface area contributed by atoms with E-state index < -0.39 is 0 Å². The van der Waals surface area contributed by atoms with E-state index >= 15 is 0 Å². The molecule has 4 rings (SSSR count). The van der Waals surface area contributed by atoms with Crippen LogP contribution in [0, 0.1) is 0 Å². The van der Waals surface area contributed by atoms with Crippen molar-refractivity contribution in [1.82, 2.24) is 10.2 Å². The molecular weight excluding hydrogens is 400 g/mol. The predicted octanol–water partition coefficient (Wildman–Crippen LogP) is 5.32. The summed E-state index contributed by atoms with van der Waals surface area (Å²) in [4.78, 5) is 5.27. The summed E-state index contributed by atoms with van der Waals surface area (Å²) >= 11 is 3.56. The number of hydrogen-bond acceptors (Lipinski definition) is 6. The number of rotatable bonds is 10. The quantitative estimate of drug-likeness (QED) is 0.474. The molecule has 1 aromatic carbocycles. The molecule has 0 unspecified atom stereocenters. The zero-order valence-corrected chi connectivity index (χ0v) is 18.4. The molecular formula is C23H28N2O2S2. The number of benzene rings is 1. The van der Waals surface area contributed by atoms with Gasteiger partial charge in [-0.05, 0) is 66.5 Å². The molecule has 1 aliphatic rings. The van der Waals surface area contributed by atoms with Crippen molar-refractivity contribution >= 4 is 22.7 Å². The second-order valence-electron chi connectivity index (χ2n) is 7.26. The Morgan fingerprint density at radius 3 is 2.59 bits per heavy atom. The minimum atomic E-state index is 0.466. The van der Waals surface area contributed by atoms with Crippen LogP contribution in [0.1, 0.15) is 34.2 Å². The maximum Gasteiger partial charge on any atom is 0.161 e. The van der Waals surface area contributed by atoms with Gasteiger partial charge in [0.05, 0.1) is 13.2 Å². The first-order chi connectivity index (χ1) is 14.3. The lowest BCUT2D eigenvalue weighted by atomic mass is 10.1. The van der Waals surface area contributed by atoms with Gasteiger partial charge in [-0.2, -0.15) is 0 Å². The molecule has 3 heterocycles. The Bertz CT molecular complexity index is 859. The van der Waals surface area contributed by atoms with Gasteiger partial charge in [-0.25, -0.2) is 0 Å². The first-order valence-corrected chi connectivity index (χ1v) is 11.9. The lowest BCUT2D eigenvalue weighted by Crippen LogP contribution is -2.33. The molecule has 29 heavy (non-hydrogen) atoms. The normalized spacial score (nSPS) is 15.5. The molecule has 0 spiro atoms. The molecule has 154 valence electrons. The van der Waals surface area contributed by atoms with E-state index in [9.17, 15) is 0 Å². The second kappa shape index (κ2) is 10.3. The zero-order valence-electron chi connectivity index (χ0n) is 16.8. The molecule has 1 saturated heterocycles. The highest BCUT2D eigenvalue weighted by atomic mass is 32.1. The van der Waals surface area contributed by atoms with Gasteiger partial charge in [-0.3, -0.25) is 4.90 Å². The van der Waals surface area contributed by atoms with Gasteiger partial charge < -0.3 is 14.8 Å². The molecule has 2 aromatic heterocycles. The number of nitrogens with one attached hydrogen (secondary N) is 1. The minimum Gasteiger partial charge on any atom is -0.493 e. The van der Waals surface area contributed by atoms with Crippen LogP contribution >= 0.6 is 22.7 Å². The molecule has 0 aliphatic carbocycles. The van der Waals surface area contributed by atoms with Gasteiger partial charge in [0.25, 0.3) is 0 Å². The van der Waals surface area contributed by atoms with Crippen molar-refractivity contribution in [2.75, 3.05) is 26.7 Å². The Balaban J connectivity index is 1.34. The van der Waals surface area contributed by atoms with Crippen molar-refractivity contribution in [3.8, 4) is 11.5 Å². The smallest absolute Gasteiger partial charge is 0.161 e. The Morgan fingerprint density at radius 2 is 1.86 bits per heavy atom. The molecule has 3 aromatic rings. The number of likely N-dealkylation sites (tertiary alicyclic amines) is 1. The minimum absolute atomic E-state index is 0.466. The fraction of sp³-hybridized carbons (Fsp3) is 0.391.